The average Bonchev–Trinajstić information content (AvgIpc) is 2.59. The number of nitrogens with zero attached hydrogens (tertiary/aromatic N) is 2. The number of benzene rings is 1. The third-order valence-electron chi connectivity index (χ3n) is 4.93. The predicted octanol–water partition coefficient (Wildman–Crippen LogP) is 5.18. The van der Waals surface area contributed by atoms with E-state index in [1.165, 1.54) is 30.4 Å². The molecule has 3 rings (SSSR count). The molecule has 0 unspecified atom stereocenters. The topological polar surface area (TPSA) is 61.0 Å². The summed E-state index contributed by atoms with van der Waals surface area (Å²) in [6, 6.07) is 11.8. The highest BCUT2D eigenvalue weighted by Gasteiger charge is 2.26. The van der Waals surface area contributed by atoms with Crippen LogP contribution in [0.3, 0.4) is 0 Å². The van der Waals surface area contributed by atoms with Crippen LogP contribution >= 0.6 is 0 Å². The molecule has 1 aliphatic rings. The number of hydrogen-bond donors (Lipinski definition) is 1. The Labute approximate surface area is 155 Å². The van der Waals surface area contributed by atoms with E-state index in [4.69, 9.17) is 10.5 Å². The normalized spacial score (nSPS) is 16.9. The zero-order valence-electron chi connectivity index (χ0n) is 15.8. The molecule has 1 aromatic carbocycles. The van der Waals surface area contributed by atoms with Crippen LogP contribution in [-0.4, -0.2) is 9.97 Å². The zero-order chi connectivity index (χ0) is 18.6. The zero-order valence-corrected chi connectivity index (χ0v) is 15.8. The van der Waals surface area contributed by atoms with E-state index >= 15 is 0 Å². The molecule has 4 heteroatoms. The summed E-state index contributed by atoms with van der Waals surface area (Å²) in [7, 11) is 0. The van der Waals surface area contributed by atoms with Gasteiger partial charge in [-0.3, -0.25) is 0 Å². The Morgan fingerprint density at radius 1 is 1.15 bits per heavy atom. The number of nitrogen functional groups attached to an aromatic ring is 1. The molecule has 0 saturated carbocycles. The lowest BCUT2D eigenvalue weighted by atomic mass is 9.72. The fraction of sp³-hybridized carbons (Fsp3) is 0.364. The van der Waals surface area contributed by atoms with Gasteiger partial charge in [-0.2, -0.15) is 4.98 Å². The number of hydrogen-bond acceptors (Lipinski definition) is 4. The van der Waals surface area contributed by atoms with Crippen molar-refractivity contribution in [2.75, 3.05) is 5.73 Å². The van der Waals surface area contributed by atoms with Gasteiger partial charge in [0.25, 0.3) is 0 Å². The molecule has 1 aromatic heterocycles. The van der Waals surface area contributed by atoms with Crippen LogP contribution in [0.2, 0.25) is 0 Å². The molecule has 0 atom stereocenters. The van der Waals surface area contributed by atoms with E-state index in [1.807, 2.05) is 42.5 Å². The van der Waals surface area contributed by atoms with Crippen LogP contribution in [0.1, 0.15) is 51.3 Å². The second-order valence-electron chi connectivity index (χ2n) is 7.53. The first-order chi connectivity index (χ1) is 12.4. The van der Waals surface area contributed by atoms with Gasteiger partial charge in [-0.1, -0.05) is 55.8 Å². The van der Waals surface area contributed by atoms with Gasteiger partial charge in [0.15, 0.2) is 0 Å². The lowest BCUT2D eigenvalue weighted by Crippen LogP contribution is -2.19. The summed E-state index contributed by atoms with van der Waals surface area (Å²) in [5, 5.41) is 0. The van der Waals surface area contributed by atoms with Crippen molar-refractivity contribution in [1.29, 1.82) is 0 Å². The summed E-state index contributed by atoms with van der Waals surface area (Å²) in [5.74, 6) is 0.721. The van der Waals surface area contributed by atoms with Crippen molar-refractivity contribution >= 4 is 12.0 Å². The minimum Gasteiger partial charge on any atom is -0.473 e. The van der Waals surface area contributed by atoms with Crippen LogP contribution in [0.5, 0.6) is 5.88 Å². The molecule has 0 saturated heterocycles. The first-order valence-electron chi connectivity index (χ1n) is 9.14. The van der Waals surface area contributed by atoms with Crippen LogP contribution in [0, 0.1) is 5.41 Å². The molecular weight excluding hydrogens is 322 g/mol. The lowest BCUT2D eigenvalue weighted by Gasteiger charge is -2.32. The van der Waals surface area contributed by atoms with Gasteiger partial charge in [0.2, 0.25) is 11.8 Å². The van der Waals surface area contributed by atoms with Crippen LogP contribution in [0.4, 0.5) is 5.95 Å². The van der Waals surface area contributed by atoms with Gasteiger partial charge in [-0.15, -0.1) is 0 Å². The lowest BCUT2D eigenvalue weighted by molar-refractivity contribution is 0.294. The van der Waals surface area contributed by atoms with Crippen LogP contribution in [-0.2, 0) is 6.61 Å². The summed E-state index contributed by atoms with van der Waals surface area (Å²) in [6.07, 6.45) is 7.83. The molecule has 2 aromatic rings. The average molecular weight is 349 g/mol. The number of nitrogens with two attached hydrogens (primary N) is 1. The van der Waals surface area contributed by atoms with Crippen molar-refractivity contribution in [3.63, 3.8) is 0 Å². The van der Waals surface area contributed by atoms with E-state index < -0.39 is 0 Å². The minimum absolute atomic E-state index is 0.198. The third kappa shape index (κ3) is 4.51. The number of anilines is 1. The number of allylic oxidation sites excluding steroid dienone is 3. The second-order valence-corrected chi connectivity index (χ2v) is 7.53. The van der Waals surface area contributed by atoms with Crippen LogP contribution < -0.4 is 10.5 Å². The SMILES string of the molecule is CC1=C(/C=C/c2cc(OCc3ccccc3)nc(N)n2)C(C)(C)CCC1. The third-order valence-corrected chi connectivity index (χ3v) is 4.93. The van der Waals surface area contributed by atoms with E-state index in [2.05, 4.69) is 36.8 Å². The Morgan fingerprint density at radius 2 is 1.92 bits per heavy atom. The summed E-state index contributed by atoms with van der Waals surface area (Å²) >= 11 is 0. The van der Waals surface area contributed by atoms with Gasteiger partial charge in [-0.25, -0.2) is 4.98 Å². The molecule has 4 nitrogen and oxygen atoms in total. The summed E-state index contributed by atoms with van der Waals surface area (Å²) in [4.78, 5) is 8.51. The summed E-state index contributed by atoms with van der Waals surface area (Å²) in [5.41, 5.74) is 10.8. The van der Waals surface area contributed by atoms with Gasteiger partial charge >= 0.3 is 0 Å². The molecular formula is C22H27N3O. The Bertz CT molecular complexity index is 823. The maximum absolute atomic E-state index is 5.87. The molecule has 26 heavy (non-hydrogen) atoms. The molecule has 0 aliphatic heterocycles. The van der Waals surface area contributed by atoms with Crippen molar-refractivity contribution in [2.45, 2.75) is 46.6 Å². The fourth-order valence-electron chi connectivity index (χ4n) is 3.53. The van der Waals surface area contributed by atoms with Crippen molar-refractivity contribution in [1.82, 2.24) is 9.97 Å². The highest BCUT2D eigenvalue weighted by molar-refractivity contribution is 5.53. The van der Waals surface area contributed by atoms with Crippen molar-refractivity contribution < 1.29 is 4.74 Å². The highest BCUT2D eigenvalue weighted by Crippen LogP contribution is 2.40. The van der Waals surface area contributed by atoms with Gasteiger partial charge in [-0.05, 0) is 48.8 Å². The molecule has 0 radical (unpaired) electrons. The monoisotopic (exact) mass is 349 g/mol. The smallest absolute Gasteiger partial charge is 0.223 e. The van der Waals surface area contributed by atoms with E-state index in [9.17, 15) is 0 Å². The van der Waals surface area contributed by atoms with Crippen molar-refractivity contribution in [3.8, 4) is 5.88 Å². The van der Waals surface area contributed by atoms with Gasteiger partial charge in [0, 0.05) is 6.07 Å². The quantitative estimate of drug-likeness (QED) is 0.808. The van der Waals surface area contributed by atoms with Crippen molar-refractivity contribution in [2.24, 2.45) is 5.41 Å². The Balaban J connectivity index is 1.77. The Hall–Kier alpha value is -2.62. The van der Waals surface area contributed by atoms with E-state index in [0.29, 0.717) is 12.5 Å². The molecule has 1 heterocycles. The summed E-state index contributed by atoms with van der Waals surface area (Å²) < 4.78 is 5.79. The minimum atomic E-state index is 0.198. The number of aromatic nitrogens is 2. The highest BCUT2D eigenvalue weighted by atomic mass is 16.5. The predicted molar refractivity (Wildman–Crippen MR) is 107 cm³/mol. The molecule has 136 valence electrons. The second kappa shape index (κ2) is 7.73. The standard InChI is InChI=1S/C22H27N3O/c1-16-8-7-13-22(2,3)19(16)12-11-18-14-20(25-21(23)24-18)26-15-17-9-5-4-6-10-17/h4-6,9-12,14H,7-8,13,15H2,1-3H3,(H2,23,24,25)/b12-11+. The fourth-order valence-corrected chi connectivity index (χ4v) is 3.53. The molecule has 0 spiro atoms. The maximum atomic E-state index is 5.87. The van der Waals surface area contributed by atoms with Gasteiger partial charge in [0.05, 0.1) is 5.69 Å². The first-order valence-corrected chi connectivity index (χ1v) is 9.14. The largest absolute Gasteiger partial charge is 0.473 e. The van der Waals surface area contributed by atoms with Gasteiger partial charge < -0.3 is 10.5 Å². The van der Waals surface area contributed by atoms with E-state index in [1.54, 1.807) is 0 Å². The van der Waals surface area contributed by atoms with Crippen LogP contribution in [0.25, 0.3) is 6.08 Å². The number of ether oxygens (including phenoxy) is 1. The molecule has 1 aliphatic carbocycles. The molecule has 0 fully saturated rings. The van der Waals surface area contributed by atoms with Crippen LogP contribution in [0.15, 0.2) is 53.6 Å². The first kappa shape index (κ1) is 18.2. The molecule has 2 N–H and O–H groups in total. The van der Waals surface area contributed by atoms with Gasteiger partial charge in [0.1, 0.15) is 6.61 Å². The van der Waals surface area contributed by atoms with Crippen molar-refractivity contribution in [3.05, 3.63) is 64.9 Å². The van der Waals surface area contributed by atoms with E-state index in [-0.39, 0.29) is 11.4 Å². The molecule has 0 amide bonds. The summed E-state index contributed by atoms with van der Waals surface area (Å²) in [6.45, 7) is 7.29. The number of rotatable bonds is 5. The Morgan fingerprint density at radius 3 is 2.65 bits per heavy atom. The Kier molecular flexibility index (Phi) is 5.40. The molecule has 0 bridgehead atoms. The maximum Gasteiger partial charge on any atom is 0.223 e. The van der Waals surface area contributed by atoms with E-state index in [0.717, 1.165) is 11.3 Å².